The Hall–Kier alpha value is -2.20. The second-order valence-electron chi connectivity index (χ2n) is 4.23. The number of rotatable bonds is 3. The minimum atomic E-state index is -0.337. The van der Waals surface area contributed by atoms with Gasteiger partial charge in [-0.1, -0.05) is 42.5 Å². The van der Waals surface area contributed by atoms with E-state index in [0.29, 0.717) is 17.3 Å². The van der Waals surface area contributed by atoms with E-state index < -0.39 is 0 Å². The van der Waals surface area contributed by atoms with E-state index in [9.17, 15) is 4.39 Å². The van der Waals surface area contributed by atoms with Gasteiger partial charge in [-0.3, -0.25) is 4.57 Å². The summed E-state index contributed by atoms with van der Waals surface area (Å²) in [6.07, 6.45) is 0. The second kappa shape index (κ2) is 5.43. The van der Waals surface area contributed by atoms with Crippen LogP contribution >= 0.6 is 11.6 Å². The molecule has 100 valence electrons. The fourth-order valence-corrected chi connectivity index (χ4v) is 2.24. The maximum absolute atomic E-state index is 14.0. The molecule has 20 heavy (non-hydrogen) atoms. The molecule has 0 radical (unpaired) electrons. The Morgan fingerprint density at radius 2 is 1.65 bits per heavy atom. The van der Waals surface area contributed by atoms with Crippen molar-refractivity contribution in [2.24, 2.45) is 0 Å². The first-order chi connectivity index (χ1) is 9.81. The maximum atomic E-state index is 14.0. The average Bonchev–Trinajstić information content (AvgIpc) is 2.92. The third kappa shape index (κ3) is 2.18. The summed E-state index contributed by atoms with van der Waals surface area (Å²) in [5.74, 6) is 0.909. The van der Waals surface area contributed by atoms with Crippen molar-refractivity contribution in [1.29, 1.82) is 0 Å². The van der Waals surface area contributed by atoms with Crippen LogP contribution in [0.4, 0.5) is 4.39 Å². The van der Waals surface area contributed by atoms with Crippen LogP contribution in [-0.4, -0.2) is 14.8 Å². The zero-order valence-electron chi connectivity index (χ0n) is 10.5. The number of para-hydroxylation sites is 1. The van der Waals surface area contributed by atoms with Crippen molar-refractivity contribution in [3.63, 3.8) is 0 Å². The van der Waals surface area contributed by atoms with Crippen molar-refractivity contribution in [1.82, 2.24) is 14.8 Å². The molecule has 3 nitrogen and oxygen atoms in total. The molecule has 1 heterocycles. The zero-order chi connectivity index (χ0) is 13.9. The summed E-state index contributed by atoms with van der Waals surface area (Å²) in [5, 5.41) is 8.18. The predicted octanol–water partition coefficient (Wildman–Crippen LogP) is 3.81. The number of benzene rings is 2. The van der Waals surface area contributed by atoms with Gasteiger partial charge in [-0.15, -0.1) is 21.8 Å². The highest BCUT2D eigenvalue weighted by molar-refractivity contribution is 6.16. The summed E-state index contributed by atoms with van der Waals surface area (Å²) in [4.78, 5) is 0. The first-order valence-corrected chi connectivity index (χ1v) is 6.65. The minimum Gasteiger partial charge on any atom is -0.275 e. The van der Waals surface area contributed by atoms with Gasteiger partial charge in [0.15, 0.2) is 11.6 Å². The Morgan fingerprint density at radius 3 is 2.35 bits per heavy atom. The van der Waals surface area contributed by atoms with E-state index >= 15 is 0 Å². The molecule has 0 bridgehead atoms. The summed E-state index contributed by atoms with van der Waals surface area (Å²) in [5.41, 5.74) is 1.26. The second-order valence-corrected chi connectivity index (χ2v) is 4.49. The smallest absolute Gasteiger partial charge is 0.168 e. The lowest BCUT2D eigenvalue weighted by Gasteiger charge is -2.10. The van der Waals surface area contributed by atoms with E-state index in [0.717, 1.165) is 5.56 Å². The molecule has 5 heteroatoms. The van der Waals surface area contributed by atoms with E-state index in [2.05, 4.69) is 10.2 Å². The van der Waals surface area contributed by atoms with Crippen molar-refractivity contribution >= 4 is 11.6 Å². The third-order valence-electron chi connectivity index (χ3n) is 2.97. The molecule has 1 aromatic heterocycles. The number of nitrogens with zero attached hydrogens (tertiary/aromatic N) is 3. The van der Waals surface area contributed by atoms with E-state index in [-0.39, 0.29) is 11.7 Å². The van der Waals surface area contributed by atoms with Crippen LogP contribution in [0.5, 0.6) is 0 Å². The van der Waals surface area contributed by atoms with Gasteiger partial charge in [0.05, 0.1) is 11.6 Å². The normalized spacial score (nSPS) is 10.7. The summed E-state index contributed by atoms with van der Waals surface area (Å²) in [6.45, 7) is 0. The topological polar surface area (TPSA) is 30.7 Å². The van der Waals surface area contributed by atoms with Crippen molar-refractivity contribution in [2.75, 3.05) is 0 Å². The SMILES string of the molecule is Fc1ccccc1-n1c(CCl)nnc1-c1ccccc1. The van der Waals surface area contributed by atoms with Crippen molar-refractivity contribution in [3.8, 4) is 17.1 Å². The number of hydrogen-bond donors (Lipinski definition) is 0. The van der Waals surface area contributed by atoms with Crippen LogP contribution in [0.25, 0.3) is 17.1 Å². The molecule has 0 saturated heterocycles. The highest BCUT2D eigenvalue weighted by atomic mass is 35.5. The molecule has 3 rings (SSSR count). The van der Waals surface area contributed by atoms with Crippen LogP contribution < -0.4 is 0 Å². The number of aromatic nitrogens is 3. The molecule has 0 spiro atoms. The Morgan fingerprint density at radius 1 is 0.950 bits per heavy atom. The number of halogens is 2. The first kappa shape index (κ1) is 12.8. The summed E-state index contributed by atoms with van der Waals surface area (Å²) < 4.78 is 15.7. The van der Waals surface area contributed by atoms with E-state index in [1.165, 1.54) is 6.07 Å². The molecule has 0 N–H and O–H groups in total. The van der Waals surface area contributed by atoms with Crippen LogP contribution in [0.1, 0.15) is 5.82 Å². The van der Waals surface area contributed by atoms with Crippen LogP contribution in [0.15, 0.2) is 54.6 Å². The van der Waals surface area contributed by atoms with Gasteiger partial charge in [0.1, 0.15) is 5.82 Å². The fourth-order valence-electron chi connectivity index (χ4n) is 2.06. The summed E-state index contributed by atoms with van der Waals surface area (Å²) in [6, 6.07) is 16.0. The highest BCUT2D eigenvalue weighted by Crippen LogP contribution is 2.24. The maximum Gasteiger partial charge on any atom is 0.168 e. The van der Waals surface area contributed by atoms with Gasteiger partial charge in [-0.05, 0) is 12.1 Å². The van der Waals surface area contributed by atoms with Crippen molar-refractivity contribution < 1.29 is 4.39 Å². The molecule has 0 atom stereocenters. The standard InChI is InChI=1S/C15H11ClFN3/c16-10-14-18-19-15(11-6-2-1-3-7-11)20(14)13-9-5-4-8-12(13)17/h1-9H,10H2. The molecule has 0 saturated carbocycles. The molecule has 0 fully saturated rings. The van der Waals surface area contributed by atoms with Crippen molar-refractivity contribution in [3.05, 3.63) is 66.2 Å². The van der Waals surface area contributed by atoms with E-state index in [4.69, 9.17) is 11.6 Å². The van der Waals surface area contributed by atoms with E-state index in [1.54, 1.807) is 22.8 Å². The average molecular weight is 288 g/mol. The van der Waals surface area contributed by atoms with Gasteiger partial charge < -0.3 is 0 Å². The van der Waals surface area contributed by atoms with Gasteiger partial charge >= 0.3 is 0 Å². The molecule has 0 aliphatic heterocycles. The van der Waals surface area contributed by atoms with Gasteiger partial charge in [0, 0.05) is 5.56 Å². The Bertz CT molecular complexity index is 725. The minimum absolute atomic E-state index is 0.161. The molecular formula is C15H11ClFN3. The molecular weight excluding hydrogens is 277 g/mol. The fraction of sp³-hybridized carbons (Fsp3) is 0.0667. The highest BCUT2D eigenvalue weighted by Gasteiger charge is 2.16. The number of alkyl halides is 1. The van der Waals surface area contributed by atoms with Crippen LogP contribution in [-0.2, 0) is 5.88 Å². The quantitative estimate of drug-likeness (QED) is 0.686. The lowest BCUT2D eigenvalue weighted by Crippen LogP contribution is -2.04. The van der Waals surface area contributed by atoms with Gasteiger partial charge in [-0.2, -0.15) is 0 Å². The zero-order valence-corrected chi connectivity index (χ0v) is 11.3. The van der Waals surface area contributed by atoms with Crippen LogP contribution in [0.2, 0.25) is 0 Å². The molecule has 0 unspecified atom stereocenters. The summed E-state index contributed by atoms with van der Waals surface area (Å²) in [7, 11) is 0. The Kier molecular flexibility index (Phi) is 3.48. The van der Waals surface area contributed by atoms with Crippen LogP contribution in [0.3, 0.4) is 0 Å². The van der Waals surface area contributed by atoms with Crippen LogP contribution in [0, 0.1) is 5.82 Å². The van der Waals surface area contributed by atoms with Gasteiger partial charge in [-0.25, -0.2) is 4.39 Å². The van der Waals surface area contributed by atoms with Gasteiger partial charge in [0.25, 0.3) is 0 Å². The lowest BCUT2D eigenvalue weighted by molar-refractivity contribution is 0.616. The molecule has 0 aliphatic carbocycles. The summed E-state index contributed by atoms with van der Waals surface area (Å²) >= 11 is 5.89. The third-order valence-corrected chi connectivity index (χ3v) is 3.21. The van der Waals surface area contributed by atoms with Gasteiger partial charge in [0.2, 0.25) is 0 Å². The van der Waals surface area contributed by atoms with Crippen molar-refractivity contribution in [2.45, 2.75) is 5.88 Å². The molecule has 3 aromatic rings. The first-order valence-electron chi connectivity index (χ1n) is 6.12. The molecule has 0 amide bonds. The largest absolute Gasteiger partial charge is 0.275 e. The number of hydrogen-bond acceptors (Lipinski definition) is 2. The predicted molar refractivity (Wildman–Crippen MR) is 76.3 cm³/mol. The monoisotopic (exact) mass is 287 g/mol. The Balaban J connectivity index is 2.24. The Labute approximate surface area is 120 Å². The van der Waals surface area contributed by atoms with E-state index in [1.807, 2.05) is 30.3 Å². The molecule has 0 aliphatic rings. The lowest BCUT2D eigenvalue weighted by atomic mass is 10.2. The molecule has 2 aromatic carbocycles.